The van der Waals surface area contributed by atoms with E-state index in [1.165, 1.54) is 13.3 Å². The van der Waals surface area contributed by atoms with Crippen molar-refractivity contribution >= 4 is 28.2 Å². The Labute approximate surface area is 100 Å². The summed E-state index contributed by atoms with van der Waals surface area (Å²) in [6.45, 7) is 0. The summed E-state index contributed by atoms with van der Waals surface area (Å²) in [4.78, 5) is 10.4. The number of aromatic hydroxyl groups is 1. The Morgan fingerprint density at radius 2 is 2.38 bits per heavy atom. The highest BCUT2D eigenvalue weighted by Gasteiger charge is 2.09. The predicted octanol–water partition coefficient (Wildman–Crippen LogP) is 1.17. The number of methoxy groups -OCH3 is 1. The number of carbonyl (C=O) groups is 1. The van der Waals surface area contributed by atoms with Gasteiger partial charge < -0.3 is 15.6 Å². The number of halogens is 1. The summed E-state index contributed by atoms with van der Waals surface area (Å²) in [6.07, 6.45) is 1.34. The average Bonchev–Trinajstić information content (AvgIpc) is 2.24. The molecular weight excluding hydrogens is 278 g/mol. The van der Waals surface area contributed by atoms with Gasteiger partial charge in [-0.15, -0.1) is 0 Å². The normalized spacial score (nSPS) is 10.4. The van der Waals surface area contributed by atoms with Crippen molar-refractivity contribution in [3.8, 4) is 11.5 Å². The van der Waals surface area contributed by atoms with Crippen LogP contribution in [0.15, 0.2) is 21.7 Å². The summed E-state index contributed by atoms with van der Waals surface area (Å²) in [7, 11) is 1.45. The van der Waals surface area contributed by atoms with E-state index in [2.05, 4.69) is 21.0 Å². The van der Waals surface area contributed by atoms with Gasteiger partial charge in [0.1, 0.15) is 0 Å². The van der Waals surface area contributed by atoms with Crippen LogP contribution in [0.3, 0.4) is 0 Å². The highest BCUT2D eigenvalue weighted by molar-refractivity contribution is 9.10. The Kier molecular flexibility index (Phi) is 4.12. The van der Waals surface area contributed by atoms with Crippen LogP contribution in [0.4, 0.5) is 4.79 Å². The number of phenolic OH excluding ortho intramolecular Hbond substituents is 1. The van der Waals surface area contributed by atoms with E-state index in [-0.39, 0.29) is 5.75 Å². The zero-order chi connectivity index (χ0) is 12.1. The summed E-state index contributed by atoms with van der Waals surface area (Å²) in [5.41, 5.74) is 7.45. The average molecular weight is 288 g/mol. The lowest BCUT2D eigenvalue weighted by molar-refractivity contribution is 0.249. The number of carbonyl (C=O) groups excluding carboxylic acids is 1. The van der Waals surface area contributed by atoms with Crippen LogP contribution in [-0.4, -0.2) is 24.5 Å². The van der Waals surface area contributed by atoms with Crippen LogP contribution in [-0.2, 0) is 0 Å². The predicted molar refractivity (Wildman–Crippen MR) is 62.7 cm³/mol. The van der Waals surface area contributed by atoms with Gasteiger partial charge in [-0.25, -0.2) is 10.2 Å². The molecule has 0 bridgehead atoms. The molecule has 0 saturated heterocycles. The highest BCUT2D eigenvalue weighted by atomic mass is 79.9. The summed E-state index contributed by atoms with van der Waals surface area (Å²) in [6, 6.07) is 2.48. The van der Waals surface area contributed by atoms with Gasteiger partial charge in [0.15, 0.2) is 11.5 Å². The summed E-state index contributed by atoms with van der Waals surface area (Å²) < 4.78 is 5.33. The molecule has 0 aliphatic rings. The van der Waals surface area contributed by atoms with E-state index in [9.17, 15) is 9.90 Å². The van der Waals surface area contributed by atoms with E-state index in [0.717, 1.165) is 0 Å². The Morgan fingerprint density at radius 3 is 2.94 bits per heavy atom. The van der Waals surface area contributed by atoms with Gasteiger partial charge in [-0.3, -0.25) is 0 Å². The second-order valence-corrected chi connectivity index (χ2v) is 3.55. The maximum absolute atomic E-state index is 10.4. The van der Waals surface area contributed by atoms with E-state index < -0.39 is 6.03 Å². The van der Waals surface area contributed by atoms with Crippen LogP contribution in [0.5, 0.6) is 11.5 Å². The van der Waals surface area contributed by atoms with Crippen LogP contribution in [0, 0.1) is 0 Å². The van der Waals surface area contributed by atoms with Gasteiger partial charge in [0.2, 0.25) is 0 Å². The number of hydrazone groups is 1. The second-order valence-electron chi connectivity index (χ2n) is 2.75. The molecule has 1 aromatic rings. The molecule has 7 heteroatoms. The maximum atomic E-state index is 10.4. The molecule has 6 nitrogen and oxygen atoms in total. The summed E-state index contributed by atoms with van der Waals surface area (Å²) in [5, 5.41) is 13.2. The van der Waals surface area contributed by atoms with Crippen LogP contribution >= 0.6 is 15.9 Å². The molecule has 0 saturated carbocycles. The molecule has 1 aromatic carbocycles. The van der Waals surface area contributed by atoms with E-state index in [4.69, 9.17) is 10.5 Å². The van der Waals surface area contributed by atoms with E-state index >= 15 is 0 Å². The lowest BCUT2D eigenvalue weighted by Crippen LogP contribution is -2.24. The lowest BCUT2D eigenvalue weighted by Gasteiger charge is -2.06. The van der Waals surface area contributed by atoms with Crippen molar-refractivity contribution in [1.82, 2.24) is 5.43 Å². The second kappa shape index (κ2) is 5.36. The standard InChI is InChI=1S/C9H10BrN3O3/c1-16-6-3-2-5(7(10)8(6)14)4-12-13-9(11)15/h2-4,14H,1H3,(H3,11,13,15)/b12-4+. The summed E-state index contributed by atoms with van der Waals surface area (Å²) in [5.74, 6) is 0.303. The molecule has 1 rings (SSSR count). The Morgan fingerprint density at radius 1 is 1.69 bits per heavy atom. The number of urea groups is 1. The zero-order valence-electron chi connectivity index (χ0n) is 8.40. The van der Waals surface area contributed by atoms with Gasteiger partial charge in [0, 0.05) is 5.56 Å². The first-order chi connectivity index (χ1) is 7.56. The largest absolute Gasteiger partial charge is 0.503 e. The molecule has 0 aliphatic heterocycles. The zero-order valence-corrected chi connectivity index (χ0v) is 9.98. The molecule has 0 aromatic heterocycles. The third-order valence-electron chi connectivity index (χ3n) is 1.71. The molecule has 0 fully saturated rings. The molecule has 0 radical (unpaired) electrons. The van der Waals surface area contributed by atoms with Crippen molar-refractivity contribution in [2.24, 2.45) is 10.8 Å². The molecule has 0 unspecified atom stereocenters. The molecule has 86 valence electrons. The van der Waals surface area contributed by atoms with Crippen molar-refractivity contribution in [3.05, 3.63) is 22.2 Å². The smallest absolute Gasteiger partial charge is 0.332 e. The molecule has 4 N–H and O–H groups in total. The van der Waals surface area contributed by atoms with Gasteiger partial charge in [-0.1, -0.05) is 0 Å². The number of hydrogen-bond donors (Lipinski definition) is 3. The molecule has 0 aliphatic carbocycles. The van der Waals surface area contributed by atoms with E-state index in [1.807, 2.05) is 5.43 Å². The van der Waals surface area contributed by atoms with Gasteiger partial charge in [0.05, 0.1) is 17.8 Å². The number of rotatable bonds is 3. The first-order valence-corrected chi connectivity index (χ1v) is 4.99. The summed E-state index contributed by atoms with van der Waals surface area (Å²) >= 11 is 3.17. The van der Waals surface area contributed by atoms with Crippen molar-refractivity contribution in [1.29, 1.82) is 0 Å². The van der Waals surface area contributed by atoms with Crippen molar-refractivity contribution in [2.75, 3.05) is 7.11 Å². The monoisotopic (exact) mass is 287 g/mol. The van der Waals surface area contributed by atoms with Gasteiger partial charge in [0.25, 0.3) is 0 Å². The minimum Gasteiger partial charge on any atom is -0.503 e. The number of ether oxygens (including phenoxy) is 1. The van der Waals surface area contributed by atoms with Crippen LogP contribution in [0.1, 0.15) is 5.56 Å². The number of hydrogen-bond acceptors (Lipinski definition) is 4. The number of nitrogens with zero attached hydrogens (tertiary/aromatic N) is 1. The minimum absolute atomic E-state index is 0.0366. The fraction of sp³-hybridized carbons (Fsp3) is 0.111. The van der Waals surface area contributed by atoms with Crippen LogP contribution in [0.25, 0.3) is 0 Å². The quantitative estimate of drug-likeness (QED) is 0.575. The minimum atomic E-state index is -0.759. The van der Waals surface area contributed by atoms with E-state index in [0.29, 0.717) is 15.8 Å². The van der Waals surface area contributed by atoms with Crippen molar-refractivity contribution in [2.45, 2.75) is 0 Å². The molecule has 0 atom stereocenters. The van der Waals surface area contributed by atoms with Gasteiger partial charge >= 0.3 is 6.03 Å². The van der Waals surface area contributed by atoms with Crippen molar-refractivity contribution < 1.29 is 14.6 Å². The molecular formula is C9H10BrN3O3. The number of phenols is 1. The van der Waals surface area contributed by atoms with Crippen LogP contribution in [0.2, 0.25) is 0 Å². The van der Waals surface area contributed by atoms with Gasteiger partial charge in [-0.2, -0.15) is 5.10 Å². The third kappa shape index (κ3) is 2.86. The number of primary amides is 1. The lowest BCUT2D eigenvalue weighted by atomic mass is 10.2. The fourth-order valence-corrected chi connectivity index (χ4v) is 1.42. The first-order valence-electron chi connectivity index (χ1n) is 4.20. The van der Waals surface area contributed by atoms with Crippen LogP contribution < -0.4 is 15.9 Å². The number of nitrogens with two attached hydrogens (primary N) is 1. The fourth-order valence-electron chi connectivity index (χ4n) is 0.992. The number of nitrogens with one attached hydrogen (secondary N) is 1. The molecule has 2 amide bonds. The van der Waals surface area contributed by atoms with E-state index in [1.54, 1.807) is 12.1 Å². The Bertz CT molecular complexity index is 434. The third-order valence-corrected chi connectivity index (χ3v) is 2.54. The van der Waals surface area contributed by atoms with Crippen molar-refractivity contribution in [3.63, 3.8) is 0 Å². The Balaban J connectivity index is 2.94. The number of benzene rings is 1. The molecule has 0 spiro atoms. The molecule has 0 heterocycles. The van der Waals surface area contributed by atoms with Gasteiger partial charge in [-0.05, 0) is 28.1 Å². The molecule has 16 heavy (non-hydrogen) atoms. The Hall–Kier alpha value is -1.76. The first kappa shape index (κ1) is 12.3. The maximum Gasteiger partial charge on any atom is 0.332 e. The SMILES string of the molecule is COc1ccc(/C=N/NC(N)=O)c(Br)c1O. The number of amides is 2. The topological polar surface area (TPSA) is 96.9 Å². The highest BCUT2D eigenvalue weighted by Crippen LogP contribution is 2.35.